The number of hydrogen-bond acceptors (Lipinski definition) is 3. The van der Waals surface area contributed by atoms with Crippen molar-refractivity contribution in [3.63, 3.8) is 0 Å². The van der Waals surface area contributed by atoms with Gasteiger partial charge in [0.2, 0.25) is 0 Å². The second kappa shape index (κ2) is 4.08. The predicted octanol–water partition coefficient (Wildman–Crippen LogP) is 2.02. The lowest BCUT2D eigenvalue weighted by molar-refractivity contribution is -0.110. The Hall–Kier alpha value is -0.380. The molecule has 1 saturated carbocycles. The van der Waals surface area contributed by atoms with Crippen molar-refractivity contribution in [2.75, 3.05) is 0 Å². The molecule has 0 aliphatic heterocycles. The van der Waals surface area contributed by atoms with Gasteiger partial charge in [-0.1, -0.05) is 18.6 Å². The summed E-state index contributed by atoms with van der Waals surface area (Å²) < 4.78 is 6.12. The first-order valence-corrected chi connectivity index (χ1v) is 6.47. The minimum atomic E-state index is -0.702. The highest BCUT2D eigenvalue weighted by Crippen LogP contribution is 2.51. The highest BCUT2D eigenvalue weighted by molar-refractivity contribution is 5.27. The van der Waals surface area contributed by atoms with E-state index in [-0.39, 0.29) is 17.1 Å². The Morgan fingerprint density at radius 3 is 2.59 bits per heavy atom. The van der Waals surface area contributed by atoms with Crippen LogP contribution in [0.2, 0.25) is 0 Å². The molecule has 0 aromatic carbocycles. The Kier molecular flexibility index (Phi) is 3.13. The van der Waals surface area contributed by atoms with Crippen molar-refractivity contribution < 1.29 is 14.9 Å². The molecule has 0 aromatic rings. The molecule has 98 valence electrons. The maximum atomic E-state index is 9.86. The largest absolute Gasteiger partial charge is 0.390 e. The first kappa shape index (κ1) is 13.1. The van der Waals surface area contributed by atoms with Gasteiger partial charge in [-0.3, -0.25) is 0 Å². The third-order valence-electron chi connectivity index (χ3n) is 4.02. The zero-order valence-corrected chi connectivity index (χ0v) is 11.2. The lowest BCUT2D eigenvalue weighted by Gasteiger charge is -2.41. The van der Waals surface area contributed by atoms with Crippen LogP contribution in [0.25, 0.3) is 0 Å². The van der Waals surface area contributed by atoms with E-state index >= 15 is 0 Å². The van der Waals surface area contributed by atoms with Crippen LogP contribution in [0, 0.1) is 5.41 Å². The van der Waals surface area contributed by atoms with Gasteiger partial charge >= 0.3 is 0 Å². The number of rotatable bonds is 1. The van der Waals surface area contributed by atoms with Crippen molar-refractivity contribution in [2.24, 2.45) is 5.41 Å². The van der Waals surface area contributed by atoms with Crippen molar-refractivity contribution in [3.05, 3.63) is 11.6 Å². The van der Waals surface area contributed by atoms with Crippen LogP contribution >= 0.6 is 0 Å². The van der Waals surface area contributed by atoms with Gasteiger partial charge in [-0.25, -0.2) is 0 Å². The van der Waals surface area contributed by atoms with Gasteiger partial charge in [0.1, 0.15) is 0 Å². The fourth-order valence-electron chi connectivity index (χ4n) is 3.12. The van der Waals surface area contributed by atoms with Crippen LogP contribution in [-0.4, -0.2) is 34.1 Å². The molecule has 4 atom stereocenters. The second-order valence-corrected chi connectivity index (χ2v) is 6.63. The summed E-state index contributed by atoms with van der Waals surface area (Å²) in [4.78, 5) is 0. The first-order chi connectivity index (χ1) is 7.72. The average Bonchev–Trinajstić information content (AvgIpc) is 2.43. The Morgan fingerprint density at radius 2 is 2.00 bits per heavy atom. The van der Waals surface area contributed by atoms with E-state index in [0.717, 1.165) is 12.8 Å². The average molecular weight is 240 g/mol. The lowest BCUT2D eigenvalue weighted by atomic mass is 9.72. The number of ether oxygens (including phenoxy) is 1. The lowest BCUT2D eigenvalue weighted by Crippen LogP contribution is -2.44. The Morgan fingerprint density at radius 1 is 1.35 bits per heavy atom. The second-order valence-electron chi connectivity index (χ2n) is 6.63. The van der Waals surface area contributed by atoms with Gasteiger partial charge in [0, 0.05) is 5.41 Å². The molecule has 2 N–H and O–H groups in total. The third-order valence-corrected chi connectivity index (χ3v) is 4.02. The van der Waals surface area contributed by atoms with Gasteiger partial charge in [-0.05, 0) is 40.0 Å². The van der Waals surface area contributed by atoms with Crippen molar-refractivity contribution in [1.82, 2.24) is 0 Å². The van der Waals surface area contributed by atoms with E-state index in [2.05, 4.69) is 27.7 Å². The number of aliphatic hydroxyl groups is 2. The zero-order valence-electron chi connectivity index (χ0n) is 11.2. The predicted molar refractivity (Wildman–Crippen MR) is 66.7 cm³/mol. The van der Waals surface area contributed by atoms with Gasteiger partial charge in [-0.2, -0.15) is 0 Å². The van der Waals surface area contributed by atoms with Gasteiger partial charge in [-0.15, -0.1) is 0 Å². The molecule has 3 heteroatoms. The molecule has 0 aromatic heterocycles. The number of aliphatic hydroxyl groups excluding tert-OH is 2. The molecule has 0 bridgehead atoms. The van der Waals surface area contributed by atoms with Gasteiger partial charge in [0.05, 0.1) is 23.9 Å². The van der Waals surface area contributed by atoms with E-state index in [1.165, 1.54) is 5.57 Å². The molecule has 2 aliphatic rings. The monoisotopic (exact) mass is 240 g/mol. The molecule has 2 rings (SSSR count). The highest BCUT2D eigenvalue weighted by atomic mass is 16.5. The molecule has 0 saturated heterocycles. The maximum Gasteiger partial charge on any atom is 0.0983 e. The highest BCUT2D eigenvalue weighted by Gasteiger charge is 2.49. The molecule has 0 radical (unpaired) electrons. The molecule has 1 fully saturated rings. The third kappa shape index (κ3) is 2.42. The summed E-state index contributed by atoms with van der Waals surface area (Å²) in [5.74, 6) is 0. The zero-order chi connectivity index (χ0) is 12.8. The van der Waals surface area contributed by atoms with Crippen LogP contribution in [0.5, 0.6) is 0 Å². The molecular weight excluding hydrogens is 216 g/mol. The topological polar surface area (TPSA) is 49.7 Å². The van der Waals surface area contributed by atoms with Crippen molar-refractivity contribution >= 4 is 0 Å². The van der Waals surface area contributed by atoms with E-state index in [1.807, 2.05) is 6.08 Å². The Balaban J connectivity index is 2.22. The summed E-state index contributed by atoms with van der Waals surface area (Å²) >= 11 is 0. The molecule has 2 aliphatic carbocycles. The fraction of sp³-hybridized carbons (Fsp3) is 0.857. The molecular formula is C14H24O3. The summed E-state index contributed by atoms with van der Waals surface area (Å²) in [5, 5.41) is 19.5. The summed E-state index contributed by atoms with van der Waals surface area (Å²) in [6, 6.07) is 0. The summed E-state index contributed by atoms with van der Waals surface area (Å²) in [7, 11) is 0. The SMILES string of the molecule is CC(C)(C)O[C@H]1CCC2=CC(O)C(O)C[C@@]21C. The molecule has 0 spiro atoms. The molecule has 0 amide bonds. The quantitative estimate of drug-likeness (QED) is 0.689. The molecule has 0 heterocycles. The summed E-state index contributed by atoms with van der Waals surface area (Å²) in [5.41, 5.74) is 0.986. The van der Waals surface area contributed by atoms with Crippen LogP contribution in [0.15, 0.2) is 11.6 Å². The normalized spacial score (nSPS) is 42.2. The minimum Gasteiger partial charge on any atom is -0.390 e. The van der Waals surface area contributed by atoms with Crippen LogP contribution in [0.3, 0.4) is 0 Å². The fourth-order valence-corrected chi connectivity index (χ4v) is 3.12. The van der Waals surface area contributed by atoms with Crippen molar-refractivity contribution in [3.8, 4) is 0 Å². The molecule has 17 heavy (non-hydrogen) atoms. The van der Waals surface area contributed by atoms with E-state index in [0.29, 0.717) is 6.42 Å². The Labute approximate surface area is 103 Å². The van der Waals surface area contributed by atoms with E-state index in [1.54, 1.807) is 0 Å². The smallest absolute Gasteiger partial charge is 0.0983 e. The number of hydrogen-bond donors (Lipinski definition) is 2. The van der Waals surface area contributed by atoms with Crippen LogP contribution in [0.4, 0.5) is 0 Å². The molecule has 2 unspecified atom stereocenters. The van der Waals surface area contributed by atoms with E-state index in [9.17, 15) is 10.2 Å². The summed E-state index contributed by atoms with van der Waals surface area (Å²) in [6.45, 7) is 8.34. The number of fused-ring (bicyclic) bond motifs is 1. The van der Waals surface area contributed by atoms with Gasteiger partial charge in [0.15, 0.2) is 0 Å². The van der Waals surface area contributed by atoms with Gasteiger partial charge < -0.3 is 14.9 Å². The van der Waals surface area contributed by atoms with Gasteiger partial charge in [0.25, 0.3) is 0 Å². The molecule has 3 nitrogen and oxygen atoms in total. The van der Waals surface area contributed by atoms with Crippen LogP contribution < -0.4 is 0 Å². The minimum absolute atomic E-state index is 0.105. The maximum absolute atomic E-state index is 9.86. The first-order valence-electron chi connectivity index (χ1n) is 6.47. The standard InChI is InChI=1S/C14H24O3/c1-13(2,3)17-12-6-5-9-7-10(15)11(16)8-14(9,12)4/h7,10-12,15-16H,5-6,8H2,1-4H3/t10?,11?,12-,14-/m0/s1. The summed E-state index contributed by atoms with van der Waals surface area (Å²) in [6.07, 6.45) is 3.18. The van der Waals surface area contributed by atoms with E-state index in [4.69, 9.17) is 4.74 Å². The van der Waals surface area contributed by atoms with Crippen LogP contribution in [-0.2, 0) is 4.74 Å². The van der Waals surface area contributed by atoms with E-state index < -0.39 is 12.2 Å². The van der Waals surface area contributed by atoms with Crippen LogP contribution in [0.1, 0.15) is 47.0 Å². The van der Waals surface area contributed by atoms with Crippen molar-refractivity contribution in [2.45, 2.75) is 70.9 Å². The van der Waals surface area contributed by atoms with Crippen molar-refractivity contribution in [1.29, 1.82) is 0 Å². The Bertz CT molecular complexity index is 329.